The molecule has 1 aromatic carbocycles. The molecule has 1 aliphatic rings. The lowest BCUT2D eigenvalue weighted by molar-refractivity contribution is -0.132. The number of amides is 1. The fourth-order valence-electron chi connectivity index (χ4n) is 2.82. The van der Waals surface area contributed by atoms with E-state index in [1.807, 2.05) is 42.3 Å². The van der Waals surface area contributed by atoms with Gasteiger partial charge in [0.05, 0.1) is 0 Å². The molecule has 0 aromatic heterocycles. The van der Waals surface area contributed by atoms with Crippen LogP contribution < -0.4 is 5.73 Å². The molecular weight excluding hydrogens is 272 g/mol. The number of benzene rings is 1. The van der Waals surface area contributed by atoms with Crippen LogP contribution in [0, 0.1) is 0 Å². The second-order valence-corrected chi connectivity index (χ2v) is 5.52. The third-order valence-corrected chi connectivity index (χ3v) is 4.14. The number of carbonyl (C=O) groups is 1. The Morgan fingerprint density at radius 3 is 2.45 bits per heavy atom. The van der Waals surface area contributed by atoms with Gasteiger partial charge in [-0.25, -0.2) is 0 Å². The fourth-order valence-corrected chi connectivity index (χ4v) is 2.82. The average molecular weight is 297 g/mol. The van der Waals surface area contributed by atoms with Gasteiger partial charge in [-0.15, -0.1) is 12.4 Å². The first-order valence-electron chi connectivity index (χ1n) is 7.24. The molecule has 2 N–H and O–H groups in total. The maximum Gasteiger partial charge on any atom is 0.224 e. The van der Waals surface area contributed by atoms with Gasteiger partial charge in [0, 0.05) is 25.6 Å². The zero-order valence-corrected chi connectivity index (χ0v) is 12.9. The molecule has 1 fully saturated rings. The fraction of sp³-hybridized carbons (Fsp3) is 0.562. The predicted molar refractivity (Wildman–Crippen MR) is 84.9 cm³/mol. The smallest absolute Gasteiger partial charge is 0.224 e. The number of rotatable bonds is 4. The van der Waals surface area contributed by atoms with Crippen LogP contribution in [-0.2, 0) is 4.79 Å². The molecule has 0 aliphatic heterocycles. The van der Waals surface area contributed by atoms with E-state index in [1.165, 1.54) is 19.3 Å². The number of nitrogens with zero attached hydrogens (tertiary/aromatic N) is 1. The van der Waals surface area contributed by atoms with Crippen LogP contribution in [0.25, 0.3) is 0 Å². The van der Waals surface area contributed by atoms with E-state index in [0.717, 1.165) is 18.4 Å². The minimum atomic E-state index is -0.195. The maximum absolute atomic E-state index is 12.3. The van der Waals surface area contributed by atoms with E-state index in [0.29, 0.717) is 12.5 Å². The van der Waals surface area contributed by atoms with Gasteiger partial charge in [-0.3, -0.25) is 4.79 Å². The van der Waals surface area contributed by atoms with E-state index in [2.05, 4.69) is 0 Å². The zero-order chi connectivity index (χ0) is 13.7. The van der Waals surface area contributed by atoms with Crippen LogP contribution in [0.1, 0.15) is 50.1 Å². The summed E-state index contributed by atoms with van der Waals surface area (Å²) in [6.45, 7) is 0. The highest BCUT2D eigenvalue weighted by Gasteiger charge is 2.23. The van der Waals surface area contributed by atoms with Gasteiger partial charge in [0.15, 0.2) is 0 Å². The summed E-state index contributed by atoms with van der Waals surface area (Å²) in [4.78, 5) is 14.2. The molecule has 0 spiro atoms. The lowest BCUT2D eigenvalue weighted by Crippen LogP contribution is -2.39. The van der Waals surface area contributed by atoms with Crippen molar-refractivity contribution in [3.05, 3.63) is 35.9 Å². The van der Waals surface area contributed by atoms with Crippen molar-refractivity contribution in [2.45, 2.75) is 50.6 Å². The Balaban J connectivity index is 0.00000200. The van der Waals surface area contributed by atoms with Crippen LogP contribution in [0.3, 0.4) is 0 Å². The minimum absolute atomic E-state index is 0. The average Bonchev–Trinajstić information content (AvgIpc) is 2.48. The molecule has 1 aliphatic carbocycles. The van der Waals surface area contributed by atoms with Crippen LogP contribution in [0.5, 0.6) is 0 Å². The molecule has 0 bridgehead atoms. The van der Waals surface area contributed by atoms with Crippen molar-refractivity contribution in [1.29, 1.82) is 0 Å². The number of nitrogens with two attached hydrogens (primary N) is 1. The van der Waals surface area contributed by atoms with Gasteiger partial charge in [-0.2, -0.15) is 0 Å². The summed E-state index contributed by atoms with van der Waals surface area (Å²) < 4.78 is 0. The van der Waals surface area contributed by atoms with Crippen molar-refractivity contribution in [2.75, 3.05) is 7.05 Å². The molecule has 4 heteroatoms. The van der Waals surface area contributed by atoms with Crippen molar-refractivity contribution in [3.8, 4) is 0 Å². The molecule has 1 amide bonds. The van der Waals surface area contributed by atoms with Crippen LogP contribution in [0.2, 0.25) is 0 Å². The van der Waals surface area contributed by atoms with E-state index in [1.54, 1.807) is 0 Å². The first-order chi connectivity index (χ1) is 9.18. The van der Waals surface area contributed by atoms with Gasteiger partial charge in [-0.05, 0) is 18.4 Å². The van der Waals surface area contributed by atoms with Gasteiger partial charge >= 0.3 is 0 Å². The van der Waals surface area contributed by atoms with Gasteiger partial charge in [-0.1, -0.05) is 49.6 Å². The Morgan fingerprint density at radius 2 is 1.85 bits per heavy atom. The maximum atomic E-state index is 12.3. The molecule has 1 aromatic rings. The number of hydrogen-bond acceptors (Lipinski definition) is 2. The SMILES string of the molecule is CN(C(=O)CC(N)c1ccccc1)C1CCCCC1.Cl. The molecule has 112 valence electrons. The first-order valence-corrected chi connectivity index (χ1v) is 7.24. The minimum Gasteiger partial charge on any atom is -0.343 e. The molecule has 0 saturated heterocycles. The molecule has 3 nitrogen and oxygen atoms in total. The van der Waals surface area contributed by atoms with E-state index in [4.69, 9.17) is 5.73 Å². The van der Waals surface area contributed by atoms with Crippen LogP contribution in [-0.4, -0.2) is 23.9 Å². The molecule has 0 heterocycles. The first kappa shape index (κ1) is 17.0. The van der Waals surface area contributed by atoms with Crippen molar-refractivity contribution < 1.29 is 4.79 Å². The molecule has 2 rings (SSSR count). The van der Waals surface area contributed by atoms with Crippen molar-refractivity contribution >= 4 is 18.3 Å². The third kappa shape index (κ3) is 4.50. The van der Waals surface area contributed by atoms with Crippen LogP contribution >= 0.6 is 12.4 Å². The topological polar surface area (TPSA) is 46.3 Å². The zero-order valence-electron chi connectivity index (χ0n) is 12.1. The molecule has 20 heavy (non-hydrogen) atoms. The molecular formula is C16H25ClN2O. The Bertz CT molecular complexity index is 404. The second-order valence-electron chi connectivity index (χ2n) is 5.52. The molecule has 1 saturated carbocycles. The van der Waals surface area contributed by atoms with Crippen molar-refractivity contribution in [2.24, 2.45) is 5.73 Å². The second kappa shape index (κ2) is 8.28. The standard InChI is InChI=1S/C16H24N2O.ClH/c1-18(14-10-6-3-7-11-14)16(19)12-15(17)13-8-4-2-5-9-13;/h2,4-5,8-9,14-15H,3,6-7,10-12,17H2,1H3;1H. The molecule has 1 unspecified atom stereocenters. The summed E-state index contributed by atoms with van der Waals surface area (Å²) in [6, 6.07) is 10.1. The Labute approximate surface area is 127 Å². The van der Waals surface area contributed by atoms with Crippen LogP contribution in [0.15, 0.2) is 30.3 Å². The van der Waals surface area contributed by atoms with Gasteiger partial charge in [0.2, 0.25) is 5.91 Å². The van der Waals surface area contributed by atoms with E-state index >= 15 is 0 Å². The van der Waals surface area contributed by atoms with E-state index < -0.39 is 0 Å². The monoisotopic (exact) mass is 296 g/mol. The van der Waals surface area contributed by atoms with Crippen molar-refractivity contribution in [1.82, 2.24) is 4.90 Å². The number of halogens is 1. The van der Waals surface area contributed by atoms with E-state index in [9.17, 15) is 4.79 Å². The number of hydrogen-bond donors (Lipinski definition) is 1. The lowest BCUT2D eigenvalue weighted by atomic mass is 9.94. The quantitative estimate of drug-likeness (QED) is 0.927. The number of carbonyl (C=O) groups excluding carboxylic acids is 1. The predicted octanol–water partition coefficient (Wildman–Crippen LogP) is 3.29. The van der Waals surface area contributed by atoms with Crippen molar-refractivity contribution in [3.63, 3.8) is 0 Å². The summed E-state index contributed by atoms with van der Waals surface area (Å²) in [6.07, 6.45) is 6.48. The third-order valence-electron chi connectivity index (χ3n) is 4.14. The Morgan fingerprint density at radius 1 is 1.25 bits per heavy atom. The van der Waals surface area contributed by atoms with Gasteiger partial charge < -0.3 is 10.6 Å². The lowest BCUT2D eigenvalue weighted by Gasteiger charge is -2.32. The highest BCUT2D eigenvalue weighted by atomic mass is 35.5. The largest absolute Gasteiger partial charge is 0.343 e. The highest BCUT2D eigenvalue weighted by Crippen LogP contribution is 2.23. The van der Waals surface area contributed by atoms with Gasteiger partial charge in [0.25, 0.3) is 0 Å². The normalized spacial score (nSPS) is 17.1. The Hall–Kier alpha value is -1.06. The summed E-state index contributed by atoms with van der Waals surface area (Å²) in [5, 5.41) is 0. The van der Waals surface area contributed by atoms with Crippen LogP contribution in [0.4, 0.5) is 0 Å². The highest BCUT2D eigenvalue weighted by molar-refractivity contribution is 5.85. The summed E-state index contributed by atoms with van der Waals surface area (Å²) in [7, 11) is 1.93. The summed E-state index contributed by atoms with van der Waals surface area (Å²) >= 11 is 0. The molecule has 0 radical (unpaired) electrons. The summed E-state index contributed by atoms with van der Waals surface area (Å²) in [5.41, 5.74) is 7.15. The van der Waals surface area contributed by atoms with Gasteiger partial charge in [0.1, 0.15) is 0 Å². The molecule has 1 atom stereocenters. The Kier molecular flexibility index (Phi) is 7.03. The van der Waals surface area contributed by atoms with E-state index in [-0.39, 0.29) is 24.4 Å². The summed E-state index contributed by atoms with van der Waals surface area (Å²) in [5.74, 6) is 0.170.